The van der Waals surface area contributed by atoms with E-state index in [1.54, 1.807) is 0 Å². The molecular weight excluding hydrogens is 252 g/mol. The zero-order chi connectivity index (χ0) is 13.2. The summed E-state index contributed by atoms with van der Waals surface area (Å²) in [6.07, 6.45) is 2.00. The molecule has 1 unspecified atom stereocenters. The fraction of sp³-hybridized carbons (Fsp3) is 0.385. The Morgan fingerprint density at radius 3 is 3.00 bits per heavy atom. The lowest BCUT2D eigenvalue weighted by Gasteiger charge is -2.18. The van der Waals surface area contributed by atoms with E-state index >= 15 is 0 Å². The lowest BCUT2D eigenvalue weighted by Crippen LogP contribution is -2.28. The van der Waals surface area contributed by atoms with Crippen LogP contribution in [0.3, 0.4) is 0 Å². The zero-order valence-corrected chi connectivity index (χ0v) is 10.2. The van der Waals surface area contributed by atoms with E-state index < -0.39 is 11.6 Å². The van der Waals surface area contributed by atoms with Crippen LogP contribution in [0.2, 0.25) is 0 Å². The van der Waals surface area contributed by atoms with Crippen LogP contribution < -0.4 is 5.32 Å². The van der Waals surface area contributed by atoms with Crippen LogP contribution in [0, 0.1) is 11.6 Å². The van der Waals surface area contributed by atoms with Crippen molar-refractivity contribution >= 4 is 0 Å². The number of hydrogen-bond acceptors (Lipinski definition) is 4. The average molecular weight is 265 g/mol. The molecule has 0 spiro atoms. The summed E-state index contributed by atoms with van der Waals surface area (Å²) in [6, 6.07) is 3.19. The van der Waals surface area contributed by atoms with E-state index in [0.717, 1.165) is 44.1 Å². The summed E-state index contributed by atoms with van der Waals surface area (Å²) < 4.78 is 31.9. The molecule has 1 aliphatic rings. The van der Waals surface area contributed by atoms with Crippen molar-refractivity contribution in [3.05, 3.63) is 35.7 Å². The third-order valence-corrected chi connectivity index (χ3v) is 3.26. The number of piperidine rings is 1. The number of nitrogens with zero attached hydrogens (tertiary/aromatic N) is 2. The zero-order valence-electron chi connectivity index (χ0n) is 10.2. The number of rotatable bonds is 2. The van der Waals surface area contributed by atoms with Gasteiger partial charge in [0.15, 0.2) is 0 Å². The van der Waals surface area contributed by atoms with Crippen molar-refractivity contribution in [3.63, 3.8) is 0 Å². The van der Waals surface area contributed by atoms with E-state index in [9.17, 15) is 8.78 Å². The summed E-state index contributed by atoms with van der Waals surface area (Å²) >= 11 is 0. The van der Waals surface area contributed by atoms with E-state index in [0.29, 0.717) is 5.89 Å². The molecule has 2 heterocycles. The van der Waals surface area contributed by atoms with Crippen molar-refractivity contribution in [1.82, 2.24) is 15.5 Å². The van der Waals surface area contributed by atoms with Crippen LogP contribution in [0.1, 0.15) is 24.7 Å². The largest absolute Gasteiger partial charge is 0.339 e. The molecular formula is C13H13F2N3O. The molecule has 6 heteroatoms. The molecule has 3 rings (SSSR count). The first-order chi connectivity index (χ1) is 9.24. The van der Waals surface area contributed by atoms with Gasteiger partial charge in [0, 0.05) is 6.54 Å². The Kier molecular flexibility index (Phi) is 3.25. The van der Waals surface area contributed by atoms with Crippen molar-refractivity contribution in [2.45, 2.75) is 18.8 Å². The van der Waals surface area contributed by atoms with Gasteiger partial charge in [0.05, 0.1) is 11.5 Å². The highest BCUT2D eigenvalue weighted by Crippen LogP contribution is 2.26. The molecule has 0 aliphatic carbocycles. The molecule has 1 saturated heterocycles. The topological polar surface area (TPSA) is 51.0 Å². The Hall–Kier alpha value is -1.82. The molecule has 2 aromatic rings. The highest BCUT2D eigenvalue weighted by atomic mass is 19.1. The Bertz CT molecular complexity index is 579. The monoisotopic (exact) mass is 265 g/mol. The Morgan fingerprint density at radius 1 is 1.32 bits per heavy atom. The van der Waals surface area contributed by atoms with Crippen molar-refractivity contribution in [2.24, 2.45) is 0 Å². The predicted octanol–water partition coefficient (Wildman–Crippen LogP) is 2.48. The SMILES string of the molecule is Fc1ccc(F)c(-c2noc(C3CCCNC3)n2)c1. The molecule has 4 nitrogen and oxygen atoms in total. The van der Waals surface area contributed by atoms with Crippen LogP contribution in [0.15, 0.2) is 22.7 Å². The van der Waals surface area contributed by atoms with E-state index in [-0.39, 0.29) is 17.3 Å². The van der Waals surface area contributed by atoms with Gasteiger partial charge in [-0.15, -0.1) is 0 Å². The van der Waals surface area contributed by atoms with Gasteiger partial charge >= 0.3 is 0 Å². The minimum atomic E-state index is -0.560. The smallest absolute Gasteiger partial charge is 0.231 e. The Balaban J connectivity index is 1.89. The molecule has 100 valence electrons. The second-order valence-electron chi connectivity index (χ2n) is 4.62. The van der Waals surface area contributed by atoms with Crippen molar-refractivity contribution < 1.29 is 13.3 Å². The lowest BCUT2D eigenvalue weighted by atomic mass is 10.00. The number of benzene rings is 1. The molecule has 1 fully saturated rings. The predicted molar refractivity (Wildman–Crippen MR) is 64.5 cm³/mol. The second-order valence-corrected chi connectivity index (χ2v) is 4.62. The van der Waals surface area contributed by atoms with Crippen molar-refractivity contribution in [2.75, 3.05) is 13.1 Å². The van der Waals surface area contributed by atoms with Gasteiger partial charge in [-0.05, 0) is 37.6 Å². The molecule has 1 aromatic carbocycles. The molecule has 1 atom stereocenters. The molecule has 0 amide bonds. The van der Waals surface area contributed by atoms with Gasteiger partial charge in [-0.2, -0.15) is 4.98 Å². The number of hydrogen-bond donors (Lipinski definition) is 1. The van der Waals surface area contributed by atoms with Gasteiger partial charge in [-0.1, -0.05) is 5.16 Å². The molecule has 0 bridgehead atoms. The van der Waals surface area contributed by atoms with Crippen LogP contribution in [-0.2, 0) is 0 Å². The van der Waals surface area contributed by atoms with Crippen LogP contribution in [-0.4, -0.2) is 23.2 Å². The number of nitrogens with one attached hydrogen (secondary N) is 1. The van der Waals surface area contributed by atoms with Gasteiger partial charge in [0.2, 0.25) is 11.7 Å². The van der Waals surface area contributed by atoms with Gasteiger partial charge < -0.3 is 9.84 Å². The van der Waals surface area contributed by atoms with E-state index in [4.69, 9.17) is 4.52 Å². The summed E-state index contributed by atoms with van der Waals surface area (Å²) in [4.78, 5) is 4.18. The van der Waals surface area contributed by atoms with Gasteiger partial charge in [0.1, 0.15) is 11.6 Å². The molecule has 0 saturated carbocycles. The average Bonchev–Trinajstić information content (AvgIpc) is 2.92. The molecule has 1 aromatic heterocycles. The normalized spacial score (nSPS) is 19.6. The number of aromatic nitrogens is 2. The number of halogens is 2. The molecule has 19 heavy (non-hydrogen) atoms. The van der Waals surface area contributed by atoms with Crippen LogP contribution >= 0.6 is 0 Å². The van der Waals surface area contributed by atoms with Crippen molar-refractivity contribution in [1.29, 1.82) is 0 Å². The van der Waals surface area contributed by atoms with Crippen LogP contribution in [0.25, 0.3) is 11.4 Å². The highest BCUT2D eigenvalue weighted by molar-refractivity contribution is 5.55. The quantitative estimate of drug-likeness (QED) is 0.906. The maximum atomic E-state index is 13.6. The minimum Gasteiger partial charge on any atom is -0.339 e. The first-order valence-electron chi connectivity index (χ1n) is 6.24. The minimum absolute atomic E-state index is 0.0266. The lowest BCUT2D eigenvalue weighted by molar-refractivity contribution is 0.322. The fourth-order valence-corrected chi connectivity index (χ4v) is 2.24. The van der Waals surface area contributed by atoms with Crippen LogP contribution in [0.5, 0.6) is 0 Å². The third-order valence-electron chi connectivity index (χ3n) is 3.26. The maximum absolute atomic E-state index is 13.6. The molecule has 1 aliphatic heterocycles. The molecule has 0 radical (unpaired) electrons. The molecule has 1 N–H and O–H groups in total. The second kappa shape index (κ2) is 5.05. The third kappa shape index (κ3) is 2.49. The Labute approximate surface area is 108 Å². The maximum Gasteiger partial charge on any atom is 0.231 e. The summed E-state index contributed by atoms with van der Waals surface area (Å²) in [7, 11) is 0. The summed E-state index contributed by atoms with van der Waals surface area (Å²) in [5.41, 5.74) is 0.0266. The van der Waals surface area contributed by atoms with E-state index in [1.807, 2.05) is 0 Å². The summed E-state index contributed by atoms with van der Waals surface area (Å²) in [5.74, 6) is -0.368. The highest BCUT2D eigenvalue weighted by Gasteiger charge is 2.22. The summed E-state index contributed by atoms with van der Waals surface area (Å²) in [6.45, 7) is 1.75. The van der Waals surface area contributed by atoms with Gasteiger partial charge in [-0.25, -0.2) is 8.78 Å². The van der Waals surface area contributed by atoms with Crippen molar-refractivity contribution in [3.8, 4) is 11.4 Å². The standard InChI is InChI=1S/C13H13F2N3O/c14-9-3-4-11(15)10(6-9)12-17-13(19-18-12)8-2-1-5-16-7-8/h3-4,6,8,16H,1-2,5,7H2. The van der Waals surface area contributed by atoms with Crippen LogP contribution in [0.4, 0.5) is 8.78 Å². The fourth-order valence-electron chi connectivity index (χ4n) is 2.24. The first-order valence-corrected chi connectivity index (χ1v) is 6.24. The van der Waals surface area contributed by atoms with Gasteiger partial charge in [0.25, 0.3) is 0 Å². The van der Waals surface area contributed by atoms with E-state index in [2.05, 4.69) is 15.5 Å². The van der Waals surface area contributed by atoms with Gasteiger partial charge in [-0.3, -0.25) is 0 Å². The summed E-state index contributed by atoms with van der Waals surface area (Å²) in [5, 5.41) is 6.98. The Morgan fingerprint density at radius 2 is 2.21 bits per heavy atom. The first kappa shape index (κ1) is 12.2. The van der Waals surface area contributed by atoms with E-state index in [1.165, 1.54) is 0 Å².